The predicted molar refractivity (Wildman–Crippen MR) is 81.3 cm³/mol. The summed E-state index contributed by atoms with van der Waals surface area (Å²) in [5, 5.41) is 0.550. The van der Waals surface area contributed by atoms with Gasteiger partial charge in [-0.15, -0.1) is 0 Å². The van der Waals surface area contributed by atoms with Gasteiger partial charge in [0.25, 0.3) is 0 Å². The zero-order valence-corrected chi connectivity index (χ0v) is 13.4. The van der Waals surface area contributed by atoms with E-state index in [1.807, 2.05) is 6.92 Å². The molecule has 1 aliphatic rings. The second kappa shape index (κ2) is 6.02. The number of nitrogens with zero attached hydrogens (tertiary/aromatic N) is 1. The van der Waals surface area contributed by atoms with Crippen molar-refractivity contribution in [2.45, 2.75) is 37.6 Å². The fraction of sp³-hybridized carbons (Fsp3) is 0.571. The van der Waals surface area contributed by atoms with Gasteiger partial charge in [0.15, 0.2) is 0 Å². The van der Waals surface area contributed by atoms with Gasteiger partial charge in [0.1, 0.15) is 0 Å². The molecule has 0 bridgehead atoms. The molecule has 112 valence electrons. The van der Waals surface area contributed by atoms with Crippen LogP contribution in [0.5, 0.6) is 0 Å². The maximum Gasteiger partial charge on any atom is 0.243 e. The normalized spacial score (nSPS) is 22.7. The average molecular weight is 317 g/mol. The zero-order valence-electron chi connectivity index (χ0n) is 11.8. The summed E-state index contributed by atoms with van der Waals surface area (Å²) in [6, 6.07) is 4.90. The summed E-state index contributed by atoms with van der Waals surface area (Å²) in [5.41, 5.74) is 6.60. The van der Waals surface area contributed by atoms with Gasteiger partial charge in [0, 0.05) is 24.2 Å². The lowest BCUT2D eigenvalue weighted by Crippen LogP contribution is -2.45. The minimum Gasteiger partial charge on any atom is -0.328 e. The summed E-state index contributed by atoms with van der Waals surface area (Å²) >= 11 is 5.89. The molecule has 0 radical (unpaired) electrons. The number of rotatable bonds is 3. The van der Waals surface area contributed by atoms with Gasteiger partial charge in [0.05, 0.1) is 4.90 Å². The molecule has 1 aliphatic heterocycles. The van der Waals surface area contributed by atoms with Gasteiger partial charge in [-0.25, -0.2) is 8.42 Å². The molecule has 0 spiro atoms. The number of piperidine rings is 1. The van der Waals surface area contributed by atoms with Crippen molar-refractivity contribution in [3.8, 4) is 0 Å². The summed E-state index contributed by atoms with van der Waals surface area (Å²) < 4.78 is 27.0. The van der Waals surface area contributed by atoms with E-state index >= 15 is 0 Å². The third-order valence-corrected chi connectivity index (χ3v) is 6.18. The highest BCUT2D eigenvalue weighted by atomic mass is 35.5. The molecular weight excluding hydrogens is 296 g/mol. The number of hydrogen-bond donors (Lipinski definition) is 1. The Morgan fingerprint density at radius 2 is 2.15 bits per heavy atom. The van der Waals surface area contributed by atoms with Crippen molar-refractivity contribution in [3.63, 3.8) is 0 Å². The molecule has 2 N–H and O–H groups in total. The van der Waals surface area contributed by atoms with Crippen LogP contribution < -0.4 is 5.73 Å². The minimum atomic E-state index is -3.46. The van der Waals surface area contributed by atoms with E-state index in [1.54, 1.807) is 29.4 Å². The Morgan fingerprint density at radius 1 is 1.45 bits per heavy atom. The Hall–Kier alpha value is -0.620. The molecule has 1 aromatic carbocycles. The number of sulfonamides is 1. The quantitative estimate of drug-likeness (QED) is 0.931. The first-order chi connectivity index (χ1) is 9.32. The lowest BCUT2D eigenvalue weighted by molar-refractivity contribution is 0.243. The number of nitrogens with two attached hydrogens (primary N) is 1. The van der Waals surface area contributed by atoms with E-state index in [-0.39, 0.29) is 12.0 Å². The average Bonchev–Trinajstić information content (AvgIpc) is 2.38. The first kappa shape index (κ1) is 15.8. The van der Waals surface area contributed by atoms with E-state index in [0.717, 1.165) is 12.8 Å². The van der Waals surface area contributed by atoms with Crippen molar-refractivity contribution < 1.29 is 8.42 Å². The van der Waals surface area contributed by atoms with Crippen molar-refractivity contribution >= 4 is 21.6 Å². The van der Waals surface area contributed by atoms with Crippen molar-refractivity contribution in [2.75, 3.05) is 13.1 Å². The summed E-state index contributed by atoms with van der Waals surface area (Å²) in [4.78, 5) is 0.340. The molecule has 0 aliphatic carbocycles. The lowest BCUT2D eigenvalue weighted by atomic mass is 9.93. The van der Waals surface area contributed by atoms with Crippen LogP contribution in [0.1, 0.15) is 25.3 Å². The largest absolute Gasteiger partial charge is 0.328 e. The highest BCUT2D eigenvalue weighted by Crippen LogP contribution is 2.27. The first-order valence-electron chi connectivity index (χ1n) is 6.84. The maximum absolute atomic E-state index is 12.7. The molecule has 6 heteroatoms. The summed E-state index contributed by atoms with van der Waals surface area (Å²) in [7, 11) is -3.46. The fourth-order valence-electron chi connectivity index (χ4n) is 2.66. The van der Waals surface area contributed by atoms with Gasteiger partial charge < -0.3 is 5.73 Å². The number of hydrogen-bond acceptors (Lipinski definition) is 3. The second-order valence-corrected chi connectivity index (χ2v) is 7.88. The minimum absolute atomic E-state index is 0.0133. The fourth-order valence-corrected chi connectivity index (χ4v) is 4.63. The molecule has 1 fully saturated rings. The highest BCUT2D eigenvalue weighted by molar-refractivity contribution is 7.89. The summed E-state index contributed by atoms with van der Waals surface area (Å²) in [6.45, 7) is 4.77. The standard InChI is InChI=1S/C14H21ClN2O2S/c1-10-8-13(15)5-6-14(10)20(18,19)17-7-3-4-12(9-17)11(2)16/h5-6,8,11-12H,3-4,7,9,16H2,1-2H3/t11-,12+/m0/s1. The van der Waals surface area contributed by atoms with Gasteiger partial charge >= 0.3 is 0 Å². The van der Waals surface area contributed by atoms with E-state index in [0.29, 0.717) is 28.6 Å². The van der Waals surface area contributed by atoms with Crippen molar-refractivity contribution in [2.24, 2.45) is 11.7 Å². The molecule has 0 aromatic heterocycles. The van der Waals surface area contributed by atoms with Crippen LogP contribution in [0.15, 0.2) is 23.1 Å². The van der Waals surface area contributed by atoms with E-state index < -0.39 is 10.0 Å². The molecule has 1 saturated heterocycles. The van der Waals surface area contributed by atoms with Crippen LogP contribution >= 0.6 is 11.6 Å². The molecule has 1 aromatic rings. The second-order valence-electron chi connectivity index (χ2n) is 5.53. The van der Waals surface area contributed by atoms with Gasteiger partial charge in [-0.2, -0.15) is 4.31 Å². The first-order valence-corrected chi connectivity index (χ1v) is 8.66. The van der Waals surface area contributed by atoms with Gasteiger partial charge in [-0.05, 0) is 56.4 Å². The Balaban J connectivity index is 2.30. The summed E-state index contributed by atoms with van der Waals surface area (Å²) in [5.74, 6) is 0.228. The van der Waals surface area contributed by atoms with E-state index in [4.69, 9.17) is 17.3 Å². The topological polar surface area (TPSA) is 63.4 Å². The lowest BCUT2D eigenvalue weighted by Gasteiger charge is -2.34. The number of aryl methyl sites for hydroxylation is 1. The Morgan fingerprint density at radius 3 is 2.75 bits per heavy atom. The molecule has 2 atom stereocenters. The molecule has 0 unspecified atom stereocenters. The smallest absolute Gasteiger partial charge is 0.243 e. The van der Waals surface area contributed by atoms with Crippen LogP contribution in [0.25, 0.3) is 0 Å². The molecule has 2 rings (SSSR count). The monoisotopic (exact) mass is 316 g/mol. The molecular formula is C14H21ClN2O2S. The van der Waals surface area contributed by atoms with Crippen LogP contribution in [0.3, 0.4) is 0 Å². The van der Waals surface area contributed by atoms with Crippen molar-refractivity contribution in [3.05, 3.63) is 28.8 Å². The van der Waals surface area contributed by atoms with E-state index in [1.165, 1.54) is 0 Å². The Kier molecular flexibility index (Phi) is 4.74. The third-order valence-electron chi connectivity index (χ3n) is 3.92. The van der Waals surface area contributed by atoms with E-state index in [2.05, 4.69) is 0 Å². The maximum atomic E-state index is 12.7. The third kappa shape index (κ3) is 3.17. The van der Waals surface area contributed by atoms with E-state index in [9.17, 15) is 8.42 Å². The molecule has 4 nitrogen and oxygen atoms in total. The van der Waals surface area contributed by atoms with Gasteiger partial charge in [-0.1, -0.05) is 11.6 Å². The van der Waals surface area contributed by atoms with Crippen LogP contribution in [0.4, 0.5) is 0 Å². The molecule has 0 amide bonds. The molecule has 1 heterocycles. The van der Waals surface area contributed by atoms with Crippen LogP contribution in [-0.4, -0.2) is 31.9 Å². The molecule has 0 saturated carbocycles. The Labute approximate surface area is 126 Å². The van der Waals surface area contributed by atoms with Crippen molar-refractivity contribution in [1.29, 1.82) is 0 Å². The Bertz CT molecular complexity index is 587. The van der Waals surface area contributed by atoms with Crippen LogP contribution in [-0.2, 0) is 10.0 Å². The predicted octanol–water partition coefficient (Wildman–Crippen LogP) is 2.40. The number of halogens is 1. The van der Waals surface area contributed by atoms with Crippen LogP contribution in [0.2, 0.25) is 5.02 Å². The molecule has 20 heavy (non-hydrogen) atoms. The highest BCUT2D eigenvalue weighted by Gasteiger charge is 2.32. The SMILES string of the molecule is Cc1cc(Cl)ccc1S(=O)(=O)N1CCC[C@@H]([C@H](C)N)C1. The van der Waals surface area contributed by atoms with Gasteiger partial charge in [0.2, 0.25) is 10.0 Å². The van der Waals surface area contributed by atoms with Gasteiger partial charge in [-0.3, -0.25) is 0 Å². The van der Waals surface area contributed by atoms with Crippen molar-refractivity contribution in [1.82, 2.24) is 4.31 Å². The zero-order chi connectivity index (χ0) is 14.9. The number of benzene rings is 1. The summed E-state index contributed by atoms with van der Waals surface area (Å²) in [6.07, 6.45) is 1.85. The van der Waals surface area contributed by atoms with Crippen LogP contribution in [0, 0.1) is 12.8 Å².